The van der Waals surface area contributed by atoms with Crippen LogP contribution >= 0.6 is 0 Å². The number of rotatable bonds is 2. The van der Waals surface area contributed by atoms with Gasteiger partial charge in [0, 0.05) is 5.56 Å². The molecule has 2 heteroatoms. The van der Waals surface area contributed by atoms with Gasteiger partial charge in [-0.1, -0.05) is 6.92 Å². The smallest absolute Gasteiger partial charge is 0.163 e. The Balaban J connectivity index is 3.17. The summed E-state index contributed by atoms with van der Waals surface area (Å²) in [6.07, 6.45) is 2.51. The van der Waals surface area contributed by atoms with Crippen molar-refractivity contribution in [3.63, 3.8) is 0 Å². The topological polar surface area (TPSA) is 30.2 Å². The molecule has 0 aliphatic carbocycles. The Bertz CT molecular complexity index is 271. The highest BCUT2D eigenvalue weighted by Crippen LogP contribution is 2.17. The number of hydrogen-bond donors (Lipinski definition) is 0. The summed E-state index contributed by atoms with van der Waals surface area (Å²) >= 11 is 0. The van der Waals surface area contributed by atoms with E-state index in [4.69, 9.17) is 4.42 Å². The van der Waals surface area contributed by atoms with Crippen LogP contribution in [-0.2, 0) is 6.42 Å². The molecule has 0 aliphatic rings. The molecule has 2 nitrogen and oxygen atoms in total. The van der Waals surface area contributed by atoms with Crippen LogP contribution in [0, 0.1) is 6.92 Å². The lowest BCUT2D eigenvalue weighted by atomic mass is 10.1. The van der Waals surface area contributed by atoms with Crippen LogP contribution in [0.3, 0.4) is 0 Å². The molecule has 1 aromatic rings. The molecule has 0 saturated carbocycles. The van der Waals surface area contributed by atoms with Gasteiger partial charge < -0.3 is 4.42 Å². The van der Waals surface area contributed by atoms with Crippen LogP contribution in [0.25, 0.3) is 0 Å². The number of aryl methyl sites for hydroxylation is 2. The van der Waals surface area contributed by atoms with Gasteiger partial charge in [-0.2, -0.15) is 0 Å². The van der Waals surface area contributed by atoms with Crippen molar-refractivity contribution in [1.82, 2.24) is 0 Å². The Morgan fingerprint density at radius 1 is 1.64 bits per heavy atom. The minimum atomic E-state index is 0.0908. The van der Waals surface area contributed by atoms with E-state index < -0.39 is 0 Å². The van der Waals surface area contributed by atoms with Gasteiger partial charge in [0.25, 0.3) is 0 Å². The van der Waals surface area contributed by atoms with E-state index in [0.29, 0.717) is 0 Å². The maximum Gasteiger partial charge on any atom is 0.163 e. The van der Waals surface area contributed by atoms with Crippen LogP contribution in [0.1, 0.15) is 35.5 Å². The fraction of sp³-hybridized carbons (Fsp3) is 0.444. The highest BCUT2D eigenvalue weighted by atomic mass is 16.3. The van der Waals surface area contributed by atoms with Crippen molar-refractivity contribution < 1.29 is 9.21 Å². The van der Waals surface area contributed by atoms with E-state index in [1.807, 2.05) is 13.8 Å². The van der Waals surface area contributed by atoms with Crippen LogP contribution in [0.4, 0.5) is 0 Å². The van der Waals surface area contributed by atoms with E-state index in [0.717, 1.165) is 23.3 Å². The molecular formula is C9H12O2. The summed E-state index contributed by atoms with van der Waals surface area (Å²) in [4.78, 5) is 11.0. The van der Waals surface area contributed by atoms with Crippen LogP contribution in [0.2, 0.25) is 0 Å². The number of carbonyl (C=O) groups excluding carboxylic acids is 1. The van der Waals surface area contributed by atoms with Crippen molar-refractivity contribution in [2.75, 3.05) is 0 Å². The average Bonchev–Trinajstić information content (AvgIpc) is 2.30. The molecule has 0 atom stereocenters. The summed E-state index contributed by atoms with van der Waals surface area (Å²) in [6.45, 7) is 5.39. The molecule has 0 radical (unpaired) electrons. The van der Waals surface area contributed by atoms with Crippen molar-refractivity contribution in [1.29, 1.82) is 0 Å². The lowest BCUT2D eigenvalue weighted by Gasteiger charge is -1.94. The van der Waals surface area contributed by atoms with Crippen molar-refractivity contribution in [2.24, 2.45) is 0 Å². The first-order valence-electron chi connectivity index (χ1n) is 3.74. The Labute approximate surface area is 66.2 Å². The van der Waals surface area contributed by atoms with Gasteiger partial charge >= 0.3 is 0 Å². The average molecular weight is 152 g/mol. The van der Waals surface area contributed by atoms with E-state index >= 15 is 0 Å². The number of carbonyl (C=O) groups is 1. The maximum absolute atomic E-state index is 11.0. The van der Waals surface area contributed by atoms with Gasteiger partial charge in [0.1, 0.15) is 5.76 Å². The van der Waals surface area contributed by atoms with Gasteiger partial charge in [0.2, 0.25) is 0 Å². The van der Waals surface area contributed by atoms with Crippen LogP contribution in [0.5, 0.6) is 0 Å². The second-order valence-corrected chi connectivity index (χ2v) is 2.60. The zero-order valence-corrected chi connectivity index (χ0v) is 7.10. The first-order chi connectivity index (χ1) is 5.16. The molecule has 0 fully saturated rings. The summed E-state index contributed by atoms with van der Waals surface area (Å²) in [5, 5.41) is 0. The molecule has 0 saturated heterocycles. The second kappa shape index (κ2) is 2.91. The largest absolute Gasteiger partial charge is 0.469 e. The molecule has 0 aromatic carbocycles. The third-order valence-corrected chi connectivity index (χ3v) is 1.78. The normalized spacial score (nSPS) is 10.1. The summed E-state index contributed by atoms with van der Waals surface area (Å²) in [7, 11) is 0. The number of ketones is 1. The van der Waals surface area contributed by atoms with Gasteiger partial charge in [-0.05, 0) is 20.3 Å². The molecule has 1 rings (SSSR count). The molecule has 0 aliphatic heterocycles. The van der Waals surface area contributed by atoms with E-state index in [-0.39, 0.29) is 5.78 Å². The van der Waals surface area contributed by atoms with E-state index in [2.05, 4.69) is 0 Å². The summed E-state index contributed by atoms with van der Waals surface area (Å²) < 4.78 is 5.13. The van der Waals surface area contributed by atoms with E-state index in [1.54, 1.807) is 13.2 Å². The molecular weight excluding hydrogens is 140 g/mol. The van der Waals surface area contributed by atoms with Crippen LogP contribution in [0.15, 0.2) is 10.7 Å². The lowest BCUT2D eigenvalue weighted by Crippen LogP contribution is -1.96. The maximum atomic E-state index is 11.0. The number of hydrogen-bond acceptors (Lipinski definition) is 2. The summed E-state index contributed by atoms with van der Waals surface area (Å²) in [5.74, 6) is 0.822. The number of furan rings is 1. The lowest BCUT2D eigenvalue weighted by molar-refractivity contribution is 0.101. The summed E-state index contributed by atoms with van der Waals surface area (Å²) in [6, 6.07) is 0. The van der Waals surface area contributed by atoms with Crippen molar-refractivity contribution >= 4 is 5.78 Å². The SMILES string of the molecule is CCc1coc(C)c1C(C)=O. The summed E-state index contributed by atoms with van der Waals surface area (Å²) in [5.41, 5.74) is 1.77. The molecule has 1 heterocycles. The monoisotopic (exact) mass is 152 g/mol. The molecule has 0 N–H and O–H groups in total. The Morgan fingerprint density at radius 3 is 2.64 bits per heavy atom. The predicted octanol–water partition coefficient (Wildman–Crippen LogP) is 2.35. The van der Waals surface area contributed by atoms with Gasteiger partial charge in [0.05, 0.1) is 11.8 Å². The van der Waals surface area contributed by atoms with Gasteiger partial charge in [-0.3, -0.25) is 4.79 Å². The standard InChI is InChI=1S/C9H12O2/c1-4-8-5-11-7(3)9(8)6(2)10/h5H,4H2,1-3H3. The van der Waals surface area contributed by atoms with E-state index in [1.165, 1.54) is 0 Å². The molecule has 0 spiro atoms. The van der Waals surface area contributed by atoms with Gasteiger partial charge in [0.15, 0.2) is 5.78 Å². The Hall–Kier alpha value is -1.05. The van der Waals surface area contributed by atoms with Gasteiger partial charge in [-0.15, -0.1) is 0 Å². The zero-order chi connectivity index (χ0) is 8.43. The number of Topliss-reactive ketones (excluding diaryl/α,β-unsaturated/α-hetero) is 1. The third-order valence-electron chi connectivity index (χ3n) is 1.78. The third kappa shape index (κ3) is 1.34. The van der Waals surface area contributed by atoms with Crippen LogP contribution < -0.4 is 0 Å². The quantitative estimate of drug-likeness (QED) is 0.609. The molecule has 0 unspecified atom stereocenters. The molecule has 1 aromatic heterocycles. The van der Waals surface area contributed by atoms with Crippen LogP contribution in [-0.4, -0.2) is 5.78 Å². The predicted molar refractivity (Wildman–Crippen MR) is 42.8 cm³/mol. The van der Waals surface area contributed by atoms with Crippen molar-refractivity contribution in [3.8, 4) is 0 Å². The minimum Gasteiger partial charge on any atom is -0.469 e. The molecule has 60 valence electrons. The Kier molecular flexibility index (Phi) is 2.13. The molecule has 0 amide bonds. The first kappa shape index (κ1) is 8.05. The zero-order valence-electron chi connectivity index (χ0n) is 7.10. The second-order valence-electron chi connectivity index (χ2n) is 2.60. The fourth-order valence-corrected chi connectivity index (χ4v) is 1.24. The van der Waals surface area contributed by atoms with Crippen molar-refractivity contribution in [2.45, 2.75) is 27.2 Å². The highest BCUT2D eigenvalue weighted by Gasteiger charge is 2.12. The fourth-order valence-electron chi connectivity index (χ4n) is 1.24. The highest BCUT2D eigenvalue weighted by molar-refractivity contribution is 5.96. The Morgan fingerprint density at radius 2 is 2.27 bits per heavy atom. The molecule has 0 bridgehead atoms. The van der Waals surface area contributed by atoms with Crippen molar-refractivity contribution in [3.05, 3.63) is 23.2 Å². The minimum absolute atomic E-state index is 0.0908. The van der Waals surface area contributed by atoms with E-state index in [9.17, 15) is 4.79 Å². The first-order valence-corrected chi connectivity index (χ1v) is 3.74. The molecule has 11 heavy (non-hydrogen) atoms. The van der Waals surface area contributed by atoms with Gasteiger partial charge in [-0.25, -0.2) is 0 Å².